The minimum atomic E-state index is -0.642. The number of nitrogens with one attached hydrogen (secondary N) is 3. The summed E-state index contributed by atoms with van der Waals surface area (Å²) in [4.78, 5) is 78.5. The summed E-state index contributed by atoms with van der Waals surface area (Å²) in [7, 11) is 3.16. The predicted octanol–water partition coefficient (Wildman–Crippen LogP) is 5.06. The summed E-state index contributed by atoms with van der Waals surface area (Å²) in [6.07, 6.45) is 8.36. The van der Waals surface area contributed by atoms with Gasteiger partial charge in [0.2, 0.25) is 17.8 Å². The van der Waals surface area contributed by atoms with E-state index in [2.05, 4.69) is 36.8 Å². The highest BCUT2D eigenvalue weighted by Crippen LogP contribution is 2.41. The van der Waals surface area contributed by atoms with Gasteiger partial charge in [-0.05, 0) is 125 Å². The average molecular weight is 910 g/mol. The van der Waals surface area contributed by atoms with Crippen LogP contribution in [0.15, 0.2) is 47.4 Å². The predicted molar refractivity (Wildman–Crippen MR) is 244 cm³/mol. The van der Waals surface area contributed by atoms with Crippen molar-refractivity contribution in [2.75, 3.05) is 57.2 Å². The number of amides is 4. The molecule has 2 aromatic heterocycles. The highest BCUT2D eigenvalue weighted by molar-refractivity contribution is 6.33. The van der Waals surface area contributed by atoms with Crippen molar-refractivity contribution in [2.24, 2.45) is 0 Å². The molecule has 0 spiro atoms. The lowest BCUT2D eigenvalue weighted by atomic mass is 9.82. The van der Waals surface area contributed by atoms with Crippen molar-refractivity contribution in [1.82, 2.24) is 35.0 Å². The number of piperidine rings is 3. The second-order valence-electron chi connectivity index (χ2n) is 18.0. The molecular weight excluding hydrogens is 854 g/mol. The van der Waals surface area contributed by atoms with Crippen LogP contribution in [0.2, 0.25) is 5.02 Å². The number of hydrogen-bond donors (Lipinski definition) is 3. The van der Waals surface area contributed by atoms with E-state index < -0.39 is 11.9 Å². The van der Waals surface area contributed by atoms with Gasteiger partial charge in [0.15, 0.2) is 18.2 Å². The van der Waals surface area contributed by atoms with Gasteiger partial charge in [0, 0.05) is 61.8 Å². The Morgan fingerprint density at radius 1 is 0.954 bits per heavy atom. The molecule has 344 valence electrons. The molecule has 0 unspecified atom stereocenters. The summed E-state index contributed by atoms with van der Waals surface area (Å²) in [6.45, 7) is 7.42. The first-order valence-corrected chi connectivity index (χ1v) is 23.1. The van der Waals surface area contributed by atoms with Crippen LogP contribution in [0.1, 0.15) is 98.7 Å². The van der Waals surface area contributed by atoms with Crippen molar-refractivity contribution in [1.29, 1.82) is 0 Å². The molecule has 4 fully saturated rings. The molecule has 0 bridgehead atoms. The molecular formula is C47H56ClN9O8. The molecule has 2 aromatic carbocycles. The van der Waals surface area contributed by atoms with Gasteiger partial charge in [-0.2, -0.15) is 4.98 Å². The van der Waals surface area contributed by atoms with E-state index in [1.54, 1.807) is 28.8 Å². The number of nitrogens with zero attached hydrogens (tertiary/aromatic N) is 6. The van der Waals surface area contributed by atoms with Crippen LogP contribution in [-0.4, -0.2) is 119 Å². The molecule has 9 rings (SSSR count). The number of aromatic nitrogens is 3. The van der Waals surface area contributed by atoms with Gasteiger partial charge in [0.1, 0.15) is 16.8 Å². The first-order valence-electron chi connectivity index (χ1n) is 22.7. The zero-order valence-corrected chi connectivity index (χ0v) is 38.0. The number of carbonyl (C=O) groups excluding carboxylic acids is 4. The molecule has 18 heteroatoms. The third-order valence-corrected chi connectivity index (χ3v) is 14.0. The van der Waals surface area contributed by atoms with Crippen LogP contribution >= 0.6 is 11.6 Å². The molecule has 1 aliphatic carbocycles. The van der Waals surface area contributed by atoms with Gasteiger partial charge >= 0.3 is 0 Å². The second kappa shape index (κ2) is 18.6. The third kappa shape index (κ3) is 9.10. The van der Waals surface area contributed by atoms with Crippen LogP contribution in [-0.2, 0) is 25.7 Å². The van der Waals surface area contributed by atoms with Gasteiger partial charge < -0.3 is 44.1 Å². The number of halogens is 1. The lowest BCUT2D eigenvalue weighted by Gasteiger charge is -2.47. The van der Waals surface area contributed by atoms with Gasteiger partial charge in [0.25, 0.3) is 17.4 Å². The number of likely N-dealkylation sites (N-methyl/N-ethyl adjacent to an activating group) is 1. The van der Waals surface area contributed by atoms with E-state index in [0.717, 1.165) is 86.7 Å². The summed E-state index contributed by atoms with van der Waals surface area (Å²) in [5.41, 5.74) is 3.74. The molecule has 6 heterocycles. The monoisotopic (exact) mass is 909 g/mol. The minimum Gasteiger partial charge on any atom is -0.496 e. The number of hydrogen-bond acceptors (Lipinski definition) is 13. The lowest BCUT2D eigenvalue weighted by molar-refractivity contribution is -0.137. The van der Waals surface area contributed by atoms with Gasteiger partial charge in [-0.3, -0.25) is 29.3 Å². The van der Waals surface area contributed by atoms with Crippen molar-refractivity contribution in [3.63, 3.8) is 0 Å². The van der Waals surface area contributed by atoms with Crippen LogP contribution in [0.25, 0.3) is 10.9 Å². The molecule has 17 nitrogen and oxygen atoms in total. The number of carbonyl (C=O) groups is 4. The summed E-state index contributed by atoms with van der Waals surface area (Å²) in [6, 6.07) is 11.0. The Kier molecular flexibility index (Phi) is 12.7. The molecule has 3 saturated heterocycles. The smallest absolute Gasteiger partial charge is 0.293 e. The number of anilines is 3. The maximum absolute atomic E-state index is 13.4. The van der Waals surface area contributed by atoms with Crippen LogP contribution in [0.4, 0.5) is 17.5 Å². The summed E-state index contributed by atoms with van der Waals surface area (Å²) < 4.78 is 19.7. The number of fused-ring (bicyclic) bond motifs is 2. The summed E-state index contributed by atoms with van der Waals surface area (Å²) in [5, 5.41) is 9.35. The second-order valence-corrected chi connectivity index (χ2v) is 18.4. The summed E-state index contributed by atoms with van der Waals surface area (Å²) >= 11 is 6.61. The third-order valence-electron chi connectivity index (χ3n) is 13.7. The number of methoxy groups -OCH3 is 1. The number of ether oxygens (including phenoxy) is 3. The zero-order chi connectivity index (χ0) is 45.5. The lowest BCUT2D eigenvalue weighted by Crippen LogP contribution is -2.52. The first kappa shape index (κ1) is 44.4. The standard InChI is InChI=1S/C47H56ClN9O8/c1-26(2)57-37-6-5-30(17-28(37)19-40(46(57)62)64-25-42(59)49-3)51-43-36(48)23-50-47(53-43)55-15-11-32(12-16-55)65-33-20-31(21-33)54-13-9-27(10-14-54)34-18-29-24-56(38-7-8-41(58)52-44(38)60)45(61)35(29)22-39(34)63-4/h5-6,17-19,22-23,26-27,31-33,38H,7-16,20-21,24-25H2,1-4H3,(H,49,59)(H,50,51,53)(H,52,58,60)/t31?,33?,38-/m1/s1. The molecule has 5 aliphatic rings. The molecule has 4 aromatic rings. The van der Waals surface area contributed by atoms with E-state index in [4.69, 9.17) is 30.8 Å². The van der Waals surface area contributed by atoms with E-state index in [1.165, 1.54) is 7.05 Å². The molecule has 65 heavy (non-hydrogen) atoms. The van der Waals surface area contributed by atoms with Crippen LogP contribution in [0.3, 0.4) is 0 Å². The average Bonchev–Trinajstić information content (AvgIpc) is 3.61. The van der Waals surface area contributed by atoms with Crippen LogP contribution < -0.4 is 35.9 Å². The van der Waals surface area contributed by atoms with Crippen molar-refractivity contribution >= 4 is 63.6 Å². The van der Waals surface area contributed by atoms with Crippen molar-refractivity contribution in [3.05, 3.63) is 74.7 Å². The molecule has 3 N–H and O–H groups in total. The molecule has 1 saturated carbocycles. The van der Waals surface area contributed by atoms with Gasteiger partial charge in [-0.1, -0.05) is 11.6 Å². The molecule has 1 atom stereocenters. The maximum atomic E-state index is 13.4. The Labute approximate surface area is 382 Å². The fraction of sp³-hybridized carbons (Fsp3) is 0.511. The Morgan fingerprint density at radius 2 is 1.72 bits per heavy atom. The number of rotatable bonds is 13. The molecule has 4 aliphatic heterocycles. The highest BCUT2D eigenvalue weighted by Gasteiger charge is 2.41. The van der Waals surface area contributed by atoms with Gasteiger partial charge in [0.05, 0.1) is 31.0 Å². The topological polar surface area (TPSA) is 190 Å². The normalized spacial score (nSPS) is 21.9. The van der Waals surface area contributed by atoms with Gasteiger partial charge in [-0.25, -0.2) is 4.98 Å². The Balaban J connectivity index is 0.752. The minimum absolute atomic E-state index is 0.0924. The summed E-state index contributed by atoms with van der Waals surface area (Å²) in [5.74, 6) is 0.943. The first-order chi connectivity index (χ1) is 31.4. The Bertz CT molecular complexity index is 2560. The van der Waals surface area contributed by atoms with Gasteiger partial charge in [-0.15, -0.1) is 0 Å². The zero-order valence-electron chi connectivity index (χ0n) is 37.2. The van der Waals surface area contributed by atoms with Crippen molar-refractivity contribution in [2.45, 2.75) is 108 Å². The number of likely N-dealkylation sites (tertiary alicyclic amines) is 1. The number of benzene rings is 2. The van der Waals surface area contributed by atoms with Crippen molar-refractivity contribution in [3.8, 4) is 11.5 Å². The number of pyridine rings is 1. The quantitative estimate of drug-likeness (QED) is 0.151. The van der Waals surface area contributed by atoms with Crippen LogP contribution in [0.5, 0.6) is 11.5 Å². The van der Waals surface area contributed by atoms with Crippen molar-refractivity contribution < 1.29 is 33.4 Å². The largest absolute Gasteiger partial charge is 0.496 e. The van der Waals surface area contributed by atoms with E-state index in [9.17, 15) is 24.0 Å². The fourth-order valence-electron chi connectivity index (χ4n) is 10.1. The maximum Gasteiger partial charge on any atom is 0.293 e. The molecule has 4 amide bonds. The van der Waals surface area contributed by atoms with E-state index >= 15 is 0 Å². The number of imide groups is 1. The van der Waals surface area contributed by atoms with E-state index in [1.807, 2.05) is 38.1 Å². The van der Waals surface area contributed by atoms with E-state index in [0.29, 0.717) is 58.7 Å². The fourth-order valence-corrected chi connectivity index (χ4v) is 10.2. The highest BCUT2D eigenvalue weighted by atomic mass is 35.5. The van der Waals surface area contributed by atoms with Crippen LogP contribution in [0, 0.1) is 0 Å². The molecule has 0 radical (unpaired) electrons. The Hall–Kier alpha value is -5.78. The Morgan fingerprint density at radius 3 is 2.43 bits per heavy atom. The SMILES string of the molecule is CNC(=O)COc1cc2cc(Nc3nc(N4CCC(OC5CC(N6CCC(c7cc8c(cc7OC)C(=O)N([C@@H]7CCC(=O)NC7=O)C8)CC6)C5)CC4)ncc3Cl)ccc2n(C(C)C)c1=O. The van der Waals surface area contributed by atoms with E-state index in [-0.39, 0.29) is 60.3 Å².